The van der Waals surface area contributed by atoms with E-state index in [9.17, 15) is 9.46 Å². The maximum atomic E-state index is 11.4. The first-order valence-electron chi connectivity index (χ1n) is 4.46. The Morgan fingerprint density at radius 2 is 2.07 bits per heavy atom. The van der Waals surface area contributed by atoms with Crippen molar-refractivity contribution in [2.24, 2.45) is 0 Å². The van der Waals surface area contributed by atoms with E-state index < -0.39 is 7.75 Å². The highest BCUT2D eigenvalue weighted by atomic mass is 31.2. The van der Waals surface area contributed by atoms with Crippen LogP contribution in [0.25, 0.3) is 0 Å². The lowest BCUT2D eigenvalue weighted by molar-refractivity contribution is 0.364. The molecule has 0 fully saturated rings. The van der Waals surface area contributed by atoms with Crippen LogP contribution in [0.4, 0.5) is 0 Å². The molecule has 0 radical (unpaired) electrons. The first kappa shape index (κ1) is 11.2. The van der Waals surface area contributed by atoms with Crippen LogP contribution in [-0.4, -0.2) is 11.4 Å². The fraction of sp³-hybridized carbons (Fsp3) is 0.333. The second-order valence-electron chi connectivity index (χ2n) is 2.83. The Bertz CT molecular complexity index is 315. The van der Waals surface area contributed by atoms with E-state index in [0.29, 0.717) is 12.3 Å². The van der Waals surface area contributed by atoms with Gasteiger partial charge in [0.1, 0.15) is 5.75 Å². The van der Waals surface area contributed by atoms with E-state index in [4.69, 9.17) is 4.52 Å². The summed E-state index contributed by atoms with van der Waals surface area (Å²) < 4.78 is 16.3. The standard InChI is InChI=1S/C9H14NO3P/c1-2-8-10-14(11,12)13-9-6-4-3-5-7-9/h3-7H,2,8H2,1H3,(H2,10,11,12). The zero-order chi connectivity index (χ0) is 10.4. The van der Waals surface area contributed by atoms with Gasteiger partial charge >= 0.3 is 7.75 Å². The van der Waals surface area contributed by atoms with Gasteiger partial charge < -0.3 is 9.42 Å². The first-order valence-corrected chi connectivity index (χ1v) is 6.04. The summed E-state index contributed by atoms with van der Waals surface area (Å²) in [6.45, 7) is 2.37. The molecule has 78 valence electrons. The van der Waals surface area contributed by atoms with E-state index in [1.165, 1.54) is 0 Å². The predicted molar refractivity (Wildman–Crippen MR) is 55.2 cm³/mol. The van der Waals surface area contributed by atoms with Crippen LogP contribution in [0.3, 0.4) is 0 Å². The minimum atomic E-state index is -3.68. The Balaban J connectivity index is 2.55. The van der Waals surface area contributed by atoms with Crippen molar-refractivity contribution in [3.63, 3.8) is 0 Å². The molecule has 0 saturated heterocycles. The third-order valence-corrected chi connectivity index (χ3v) is 2.62. The van der Waals surface area contributed by atoms with Gasteiger partial charge in [0.2, 0.25) is 0 Å². The molecule has 1 unspecified atom stereocenters. The molecule has 0 saturated carbocycles. The van der Waals surface area contributed by atoms with E-state index in [0.717, 1.165) is 6.42 Å². The van der Waals surface area contributed by atoms with Crippen molar-refractivity contribution in [3.8, 4) is 5.75 Å². The van der Waals surface area contributed by atoms with Gasteiger partial charge in [-0.15, -0.1) is 0 Å². The highest BCUT2D eigenvalue weighted by Crippen LogP contribution is 2.37. The van der Waals surface area contributed by atoms with Gasteiger partial charge in [-0.3, -0.25) is 0 Å². The normalized spacial score (nSPS) is 14.7. The first-order chi connectivity index (χ1) is 6.64. The van der Waals surface area contributed by atoms with Gasteiger partial charge in [0.05, 0.1) is 0 Å². The second kappa shape index (κ2) is 5.15. The molecule has 0 aliphatic rings. The van der Waals surface area contributed by atoms with Gasteiger partial charge in [-0.2, -0.15) is 0 Å². The van der Waals surface area contributed by atoms with E-state index in [1.54, 1.807) is 24.3 Å². The minimum Gasteiger partial charge on any atom is -0.413 e. The Morgan fingerprint density at radius 3 is 2.64 bits per heavy atom. The average Bonchev–Trinajstić information content (AvgIpc) is 2.16. The van der Waals surface area contributed by atoms with Gasteiger partial charge in [-0.25, -0.2) is 9.65 Å². The van der Waals surface area contributed by atoms with Crippen LogP contribution in [0, 0.1) is 0 Å². The number of hydrogen-bond donors (Lipinski definition) is 2. The fourth-order valence-corrected chi connectivity index (χ4v) is 1.89. The van der Waals surface area contributed by atoms with Gasteiger partial charge in [0, 0.05) is 6.54 Å². The summed E-state index contributed by atoms with van der Waals surface area (Å²) in [5.74, 6) is 0.391. The summed E-state index contributed by atoms with van der Waals surface area (Å²) in [6, 6.07) is 8.58. The maximum Gasteiger partial charge on any atom is 0.456 e. The molecule has 2 N–H and O–H groups in total. The van der Waals surface area contributed by atoms with Crippen LogP contribution in [0.1, 0.15) is 13.3 Å². The van der Waals surface area contributed by atoms with Crippen molar-refractivity contribution in [1.29, 1.82) is 0 Å². The van der Waals surface area contributed by atoms with Crippen molar-refractivity contribution in [3.05, 3.63) is 30.3 Å². The third kappa shape index (κ3) is 3.92. The molecule has 4 nitrogen and oxygen atoms in total. The van der Waals surface area contributed by atoms with E-state index in [1.807, 2.05) is 13.0 Å². The van der Waals surface area contributed by atoms with Crippen LogP contribution in [0.2, 0.25) is 0 Å². The Morgan fingerprint density at radius 1 is 1.43 bits per heavy atom. The molecule has 0 amide bonds. The summed E-state index contributed by atoms with van der Waals surface area (Å²) in [5.41, 5.74) is 0. The summed E-state index contributed by atoms with van der Waals surface area (Å²) in [5, 5.41) is 2.45. The molecular weight excluding hydrogens is 201 g/mol. The number of para-hydroxylation sites is 1. The molecule has 1 atom stereocenters. The fourth-order valence-electron chi connectivity index (χ4n) is 0.910. The molecule has 0 aliphatic heterocycles. The number of hydrogen-bond acceptors (Lipinski definition) is 2. The topological polar surface area (TPSA) is 58.6 Å². The minimum absolute atomic E-state index is 0.391. The Labute approximate surface area is 83.5 Å². The molecule has 14 heavy (non-hydrogen) atoms. The van der Waals surface area contributed by atoms with E-state index >= 15 is 0 Å². The molecule has 5 heteroatoms. The molecule has 0 spiro atoms. The van der Waals surface area contributed by atoms with Gasteiger partial charge in [-0.05, 0) is 18.6 Å². The summed E-state index contributed by atoms with van der Waals surface area (Å²) in [7, 11) is -3.68. The van der Waals surface area contributed by atoms with Crippen molar-refractivity contribution in [2.45, 2.75) is 13.3 Å². The van der Waals surface area contributed by atoms with Gasteiger partial charge in [0.25, 0.3) is 0 Å². The van der Waals surface area contributed by atoms with Crippen molar-refractivity contribution in [1.82, 2.24) is 5.09 Å². The third-order valence-electron chi connectivity index (χ3n) is 1.53. The van der Waals surface area contributed by atoms with E-state index in [-0.39, 0.29) is 0 Å². The molecule has 0 aromatic heterocycles. The van der Waals surface area contributed by atoms with E-state index in [2.05, 4.69) is 5.09 Å². The van der Waals surface area contributed by atoms with Crippen molar-refractivity contribution in [2.75, 3.05) is 6.54 Å². The largest absolute Gasteiger partial charge is 0.456 e. The Hall–Kier alpha value is -0.830. The van der Waals surface area contributed by atoms with Crippen LogP contribution in [0.15, 0.2) is 30.3 Å². The van der Waals surface area contributed by atoms with Crippen LogP contribution < -0.4 is 9.61 Å². The molecule has 0 bridgehead atoms. The molecule has 1 aromatic carbocycles. The second-order valence-corrected chi connectivity index (χ2v) is 4.37. The van der Waals surface area contributed by atoms with Crippen molar-refractivity contribution < 1.29 is 14.0 Å². The molecule has 1 aromatic rings. The molecule has 0 heterocycles. The highest BCUT2D eigenvalue weighted by molar-refractivity contribution is 7.51. The highest BCUT2D eigenvalue weighted by Gasteiger charge is 2.18. The summed E-state index contributed by atoms with van der Waals surface area (Å²) in [6.07, 6.45) is 0.780. The van der Waals surface area contributed by atoms with Gasteiger partial charge in [-0.1, -0.05) is 25.1 Å². The van der Waals surface area contributed by atoms with Gasteiger partial charge in [0.15, 0.2) is 0 Å². The maximum absolute atomic E-state index is 11.4. The zero-order valence-corrected chi connectivity index (χ0v) is 8.91. The lowest BCUT2D eigenvalue weighted by atomic mass is 10.3. The molecular formula is C9H14NO3P. The summed E-state index contributed by atoms with van der Waals surface area (Å²) in [4.78, 5) is 9.32. The van der Waals surface area contributed by atoms with Crippen molar-refractivity contribution >= 4 is 7.75 Å². The quantitative estimate of drug-likeness (QED) is 0.739. The lowest BCUT2D eigenvalue weighted by Gasteiger charge is -2.13. The number of nitrogens with one attached hydrogen (secondary N) is 1. The smallest absolute Gasteiger partial charge is 0.413 e. The average molecular weight is 215 g/mol. The van der Waals surface area contributed by atoms with Crippen LogP contribution >= 0.6 is 7.75 Å². The zero-order valence-electron chi connectivity index (χ0n) is 8.01. The SMILES string of the molecule is CCCNP(=O)(O)Oc1ccccc1. The van der Waals surface area contributed by atoms with Crippen LogP contribution in [-0.2, 0) is 4.57 Å². The lowest BCUT2D eigenvalue weighted by Crippen LogP contribution is -2.14. The summed E-state index contributed by atoms with van der Waals surface area (Å²) >= 11 is 0. The monoisotopic (exact) mass is 215 g/mol. The number of rotatable bonds is 5. The Kier molecular flexibility index (Phi) is 4.14. The number of benzene rings is 1. The van der Waals surface area contributed by atoms with Crippen LogP contribution in [0.5, 0.6) is 5.75 Å². The molecule has 0 aliphatic carbocycles. The molecule has 1 rings (SSSR count). The predicted octanol–water partition coefficient (Wildman–Crippen LogP) is 2.17.